The van der Waals surface area contributed by atoms with Crippen LogP contribution >= 0.6 is 0 Å². The molecule has 0 aliphatic carbocycles. The minimum Gasteiger partial charge on any atom is -0.361 e. The molecule has 1 aliphatic rings. The van der Waals surface area contributed by atoms with Crippen molar-refractivity contribution in [2.45, 2.75) is 39.3 Å². The smallest absolute Gasteiger partial charge is 0.317 e. The van der Waals surface area contributed by atoms with Gasteiger partial charge in [-0.2, -0.15) is 0 Å². The normalized spacial score (nSPS) is 15.9. The van der Waals surface area contributed by atoms with E-state index in [1.165, 1.54) is 0 Å². The van der Waals surface area contributed by atoms with Crippen molar-refractivity contribution in [2.75, 3.05) is 20.1 Å². The highest BCUT2D eigenvalue weighted by atomic mass is 16.5. The molecule has 1 aliphatic heterocycles. The van der Waals surface area contributed by atoms with Crippen molar-refractivity contribution in [3.05, 3.63) is 17.5 Å². The van der Waals surface area contributed by atoms with Gasteiger partial charge in [-0.1, -0.05) is 5.16 Å². The maximum absolute atomic E-state index is 12.1. The predicted octanol–water partition coefficient (Wildman–Crippen LogP) is 1.14. The molecule has 0 spiro atoms. The molecule has 7 heteroatoms. The van der Waals surface area contributed by atoms with E-state index >= 15 is 0 Å². The lowest BCUT2D eigenvalue weighted by atomic mass is 10.1. The lowest BCUT2D eigenvalue weighted by Gasteiger charge is -2.32. The number of amides is 3. The number of urea groups is 1. The van der Waals surface area contributed by atoms with E-state index in [0.717, 1.165) is 24.3 Å². The molecule has 0 bridgehead atoms. The van der Waals surface area contributed by atoms with Crippen molar-refractivity contribution < 1.29 is 14.1 Å². The number of aromatic nitrogens is 1. The Balaban J connectivity index is 1.77. The van der Waals surface area contributed by atoms with Crippen LogP contribution in [-0.2, 0) is 11.3 Å². The largest absolute Gasteiger partial charge is 0.361 e. The van der Waals surface area contributed by atoms with Crippen LogP contribution in [-0.4, -0.2) is 53.1 Å². The van der Waals surface area contributed by atoms with Gasteiger partial charge in [-0.25, -0.2) is 4.79 Å². The molecule has 2 rings (SSSR count). The van der Waals surface area contributed by atoms with E-state index in [1.54, 1.807) is 18.9 Å². The van der Waals surface area contributed by atoms with Crippen LogP contribution in [0.1, 0.15) is 31.2 Å². The number of carbonyl (C=O) groups is 2. The maximum Gasteiger partial charge on any atom is 0.317 e. The van der Waals surface area contributed by atoms with Gasteiger partial charge >= 0.3 is 6.03 Å². The minimum atomic E-state index is -0.128. The van der Waals surface area contributed by atoms with E-state index < -0.39 is 0 Å². The average molecular weight is 294 g/mol. The van der Waals surface area contributed by atoms with Gasteiger partial charge in [0.25, 0.3) is 0 Å². The summed E-state index contributed by atoms with van der Waals surface area (Å²) in [6.07, 6.45) is 1.59. The number of rotatable bonds is 3. The molecule has 0 saturated carbocycles. The third-order valence-corrected chi connectivity index (χ3v) is 3.69. The van der Waals surface area contributed by atoms with E-state index in [2.05, 4.69) is 10.5 Å². The standard InChI is InChI=1S/C14H22N4O3/c1-10-8-13(16-21-10)9-17(3)14(20)15-12-4-6-18(7-5-12)11(2)19/h8,12H,4-7,9H2,1-3H3,(H,15,20). The van der Waals surface area contributed by atoms with Gasteiger partial charge in [0.2, 0.25) is 5.91 Å². The highest BCUT2D eigenvalue weighted by Gasteiger charge is 2.23. The van der Waals surface area contributed by atoms with Gasteiger partial charge in [0.15, 0.2) is 0 Å². The molecule has 1 fully saturated rings. The van der Waals surface area contributed by atoms with E-state index in [1.807, 2.05) is 17.9 Å². The second-order valence-electron chi connectivity index (χ2n) is 5.51. The first-order valence-electron chi connectivity index (χ1n) is 7.15. The second-order valence-corrected chi connectivity index (χ2v) is 5.51. The number of aryl methyl sites for hydroxylation is 1. The molecule has 21 heavy (non-hydrogen) atoms. The molecule has 0 atom stereocenters. The second kappa shape index (κ2) is 6.60. The van der Waals surface area contributed by atoms with Crippen LogP contribution in [0.15, 0.2) is 10.6 Å². The first-order chi connectivity index (χ1) is 9.95. The molecule has 3 amide bonds. The third-order valence-electron chi connectivity index (χ3n) is 3.69. The maximum atomic E-state index is 12.1. The van der Waals surface area contributed by atoms with Crippen molar-refractivity contribution in [3.63, 3.8) is 0 Å². The van der Waals surface area contributed by atoms with Crippen LogP contribution < -0.4 is 5.32 Å². The fourth-order valence-corrected chi connectivity index (χ4v) is 2.43. The summed E-state index contributed by atoms with van der Waals surface area (Å²) in [4.78, 5) is 26.8. The molecule has 1 aromatic rings. The summed E-state index contributed by atoms with van der Waals surface area (Å²) in [5.74, 6) is 0.828. The molecular weight excluding hydrogens is 272 g/mol. The zero-order valence-electron chi connectivity index (χ0n) is 12.8. The zero-order chi connectivity index (χ0) is 15.4. The van der Waals surface area contributed by atoms with Crippen LogP contribution in [0.4, 0.5) is 4.79 Å². The fourth-order valence-electron chi connectivity index (χ4n) is 2.43. The van der Waals surface area contributed by atoms with Crippen LogP contribution in [0.25, 0.3) is 0 Å². The Morgan fingerprint density at radius 2 is 2.14 bits per heavy atom. The third kappa shape index (κ3) is 4.21. The predicted molar refractivity (Wildman–Crippen MR) is 76.5 cm³/mol. The topological polar surface area (TPSA) is 78.7 Å². The Hall–Kier alpha value is -2.05. The van der Waals surface area contributed by atoms with Crippen LogP contribution in [0.2, 0.25) is 0 Å². The van der Waals surface area contributed by atoms with E-state index in [9.17, 15) is 9.59 Å². The summed E-state index contributed by atoms with van der Waals surface area (Å²) in [7, 11) is 1.73. The Kier molecular flexibility index (Phi) is 4.82. The number of nitrogens with one attached hydrogen (secondary N) is 1. The van der Waals surface area contributed by atoms with Crippen molar-refractivity contribution in [3.8, 4) is 0 Å². The van der Waals surface area contributed by atoms with Crippen LogP contribution in [0.3, 0.4) is 0 Å². The molecular formula is C14H22N4O3. The van der Waals surface area contributed by atoms with E-state index in [0.29, 0.717) is 19.6 Å². The Labute approximate surface area is 124 Å². The SMILES string of the molecule is CC(=O)N1CCC(NC(=O)N(C)Cc2cc(C)on2)CC1. The molecule has 116 valence electrons. The van der Waals surface area contributed by atoms with Crippen molar-refractivity contribution in [1.29, 1.82) is 0 Å². The Morgan fingerprint density at radius 3 is 2.67 bits per heavy atom. The Bertz CT molecular complexity index is 506. The van der Waals surface area contributed by atoms with Gasteiger partial charge < -0.3 is 19.6 Å². The molecule has 2 heterocycles. The molecule has 1 aromatic heterocycles. The highest BCUT2D eigenvalue weighted by molar-refractivity contribution is 5.75. The number of carbonyl (C=O) groups excluding carboxylic acids is 2. The molecule has 0 unspecified atom stereocenters. The minimum absolute atomic E-state index is 0.0956. The summed E-state index contributed by atoms with van der Waals surface area (Å²) in [5.41, 5.74) is 0.733. The van der Waals surface area contributed by atoms with Gasteiger partial charge in [0.1, 0.15) is 11.5 Å². The van der Waals surface area contributed by atoms with Crippen molar-refractivity contribution in [2.24, 2.45) is 0 Å². The van der Waals surface area contributed by atoms with E-state index in [4.69, 9.17) is 4.52 Å². The lowest BCUT2D eigenvalue weighted by molar-refractivity contribution is -0.129. The van der Waals surface area contributed by atoms with Gasteiger partial charge in [0, 0.05) is 39.2 Å². The summed E-state index contributed by atoms with van der Waals surface area (Å²) in [6.45, 7) is 5.21. The molecule has 7 nitrogen and oxygen atoms in total. The average Bonchev–Trinajstić information content (AvgIpc) is 2.84. The lowest BCUT2D eigenvalue weighted by Crippen LogP contribution is -2.49. The summed E-state index contributed by atoms with van der Waals surface area (Å²) in [6, 6.07) is 1.81. The highest BCUT2D eigenvalue weighted by Crippen LogP contribution is 2.11. The first kappa shape index (κ1) is 15.3. The molecule has 0 aromatic carbocycles. The van der Waals surface area contributed by atoms with Crippen molar-refractivity contribution >= 4 is 11.9 Å². The quantitative estimate of drug-likeness (QED) is 0.906. The number of hydrogen-bond acceptors (Lipinski definition) is 4. The molecule has 1 N–H and O–H groups in total. The fraction of sp³-hybridized carbons (Fsp3) is 0.643. The first-order valence-corrected chi connectivity index (χ1v) is 7.15. The number of piperidine rings is 1. The molecule has 1 saturated heterocycles. The monoisotopic (exact) mass is 294 g/mol. The number of hydrogen-bond donors (Lipinski definition) is 1. The Morgan fingerprint density at radius 1 is 1.48 bits per heavy atom. The summed E-state index contributed by atoms with van der Waals surface area (Å²) in [5, 5.41) is 6.87. The summed E-state index contributed by atoms with van der Waals surface area (Å²) < 4.78 is 4.98. The van der Waals surface area contributed by atoms with Gasteiger partial charge in [-0.3, -0.25) is 4.79 Å². The zero-order valence-corrected chi connectivity index (χ0v) is 12.8. The number of likely N-dealkylation sites (tertiary alicyclic amines) is 1. The van der Waals surface area contributed by atoms with Crippen molar-refractivity contribution in [1.82, 2.24) is 20.3 Å². The number of nitrogens with zero attached hydrogens (tertiary/aromatic N) is 3. The molecule has 0 radical (unpaired) electrons. The van der Waals surface area contributed by atoms with Gasteiger partial charge in [-0.15, -0.1) is 0 Å². The van der Waals surface area contributed by atoms with Gasteiger partial charge in [-0.05, 0) is 19.8 Å². The van der Waals surface area contributed by atoms with E-state index in [-0.39, 0.29) is 18.0 Å². The van der Waals surface area contributed by atoms with Crippen LogP contribution in [0, 0.1) is 6.92 Å². The van der Waals surface area contributed by atoms with Gasteiger partial charge in [0.05, 0.1) is 6.54 Å². The van der Waals surface area contributed by atoms with Crippen LogP contribution in [0.5, 0.6) is 0 Å². The summed E-state index contributed by atoms with van der Waals surface area (Å²) >= 11 is 0.